The third kappa shape index (κ3) is 4.76. The van der Waals surface area contributed by atoms with Gasteiger partial charge in [-0.1, -0.05) is 12.1 Å². The number of hydrogen-bond acceptors (Lipinski definition) is 8. The Balaban J connectivity index is 1.29. The zero-order valence-electron chi connectivity index (χ0n) is 19.1. The van der Waals surface area contributed by atoms with E-state index in [-0.39, 0.29) is 22.3 Å². The first-order valence-corrected chi connectivity index (χ1v) is 13.6. The highest BCUT2D eigenvalue weighted by Crippen LogP contribution is 2.32. The SMILES string of the molecule is O=S(=O)(c1ccc(OO)cc1)N1CCC(CNc2cc(-c3ccccc3O)nc3c(Br)cnn23)CC1. The molecule has 5 rings (SSSR count). The van der Waals surface area contributed by atoms with E-state index in [1.807, 2.05) is 18.2 Å². The van der Waals surface area contributed by atoms with Gasteiger partial charge in [-0.25, -0.2) is 18.7 Å². The average Bonchev–Trinajstić information content (AvgIpc) is 3.28. The minimum atomic E-state index is -3.62. The van der Waals surface area contributed by atoms with Crippen LogP contribution in [0.15, 0.2) is 70.2 Å². The molecule has 36 heavy (non-hydrogen) atoms. The van der Waals surface area contributed by atoms with E-state index in [0.717, 1.165) is 10.3 Å². The molecule has 2 aromatic heterocycles. The summed E-state index contributed by atoms with van der Waals surface area (Å²) in [5.41, 5.74) is 1.85. The maximum atomic E-state index is 13.0. The Bertz CT molecular complexity index is 1480. The van der Waals surface area contributed by atoms with E-state index in [0.29, 0.717) is 49.4 Å². The van der Waals surface area contributed by atoms with Crippen molar-refractivity contribution in [1.29, 1.82) is 0 Å². The first-order valence-electron chi connectivity index (χ1n) is 11.3. The molecule has 3 heterocycles. The van der Waals surface area contributed by atoms with Crippen LogP contribution in [-0.2, 0) is 10.0 Å². The number of aromatic nitrogens is 3. The lowest BCUT2D eigenvalue weighted by Gasteiger charge is -2.31. The van der Waals surface area contributed by atoms with Crippen molar-refractivity contribution in [3.8, 4) is 22.8 Å². The smallest absolute Gasteiger partial charge is 0.243 e. The fourth-order valence-corrected chi connectivity index (χ4v) is 6.13. The van der Waals surface area contributed by atoms with Crippen molar-refractivity contribution in [2.24, 2.45) is 5.92 Å². The van der Waals surface area contributed by atoms with Crippen LogP contribution in [0.5, 0.6) is 11.5 Å². The Morgan fingerprint density at radius 3 is 2.53 bits per heavy atom. The first-order chi connectivity index (χ1) is 17.4. The molecule has 188 valence electrons. The molecule has 0 spiro atoms. The van der Waals surface area contributed by atoms with E-state index in [1.165, 1.54) is 28.6 Å². The molecule has 4 aromatic rings. The van der Waals surface area contributed by atoms with Gasteiger partial charge in [-0.3, -0.25) is 0 Å². The van der Waals surface area contributed by atoms with Crippen LogP contribution >= 0.6 is 15.9 Å². The first kappa shape index (κ1) is 24.5. The summed E-state index contributed by atoms with van der Waals surface area (Å²) in [5.74, 6) is 1.31. The van der Waals surface area contributed by atoms with E-state index < -0.39 is 10.0 Å². The monoisotopic (exact) mass is 573 g/mol. The zero-order chi connectivity index (χ0) is 25.3. The number of halogens is 1. The van der Waals surface area contributed by atoms with Gasteiger partial charge in [0.15, 0.2) is 11.4 Å². The van der Waals surface area contributed by atoms with Crippen molar-refractivity contribution in [1.82, 2.24) is 18.9 Å². The minimum absolute atomic E-state index is 0.142. The topological polar surface area (TPSA) is 129 Å². The number of anilines is 1. The number of phenolic OH excluding ortho intramolecular Hbond substituents is 1. The zero-order valence-corrected chi connectivity index (χ0v) is 21.5. The molecule has 3 N–H and O–H groups in total. The van der Waals surface area contributed by atoms with Gasteiger partial charge in [0.1, 0.15) is 11.6 Å². The van der Waals surface area contributed by atoms with Crippen molar-refractivity contribution in [2.45, 2.75) is 17.7 Å². The predicted molar refractivity (Wildman–Crippen MR) is 137 cm³/mol. The number of fused-ring (bicyclic) bond motifs is 1. The second kappa shape index (κ2) is 10.1. The standard InChI is InChI=1S/C24H24BrN5O5S/c25-20-15-27-30-23(13-21(28-24(20)30)19-3-1-2-4-22(19)31)26-14-16-9-11-29(12-10-16)36(33,34)18-7-5-17(35-32)6-8-18/h1-8,13,15-16,26,31-32H,9-12,14H2. The fourth-order valence-electron chi connectivity index (χ4n) is 4.31. The Morgan fingerprint density at radius 2 is 1.83 bits per heavy atom. The number of nitrogens with one attached hydrogen (secondary N) is 1. The number of para-hydroxylation sites is 1. The van der Waals surface area contributed by atoms with Crippen molar-refractivity contribution < 1.29 is 23.7 Å². The molecule has 0 saturated carbocycles. The Labute approximate surface area is 216 Å². The summed E-state index contributed by atoms with van der Waals surface area (Å²) >= 11 is 3.49. The van der Waals surface area contributed by atoms with Crippen LogP contribution in [0.25, 0.3) is 16.9 Å². The number of aromatic hydroxyl groups is 1. The maximum absolute atomic E-state index is 13.0. The fraction of sp³-hybridized carbons (Fsp3) is 0.250. The van der Waals surface area contributed by atoms with Gasteiger partial charge < -0.3 is 15.3 Å². The highest BCUT2D eigenvalue weighted by Gasteiger charge is 2.29. The molecule has 0 bridgehead atoms. The molecule has 10 nitrogen and oxygen atoms in total. The van der Waals surface area contributed by atoms with Gasteiger partial charge in [0, 0.05) is 31.3 Å². The molecule has 1 aliphatic heterocycles. The van der Waals surface area contributed by atoms with Gasteiger partial charge in [0.25, 0.3) is 0 Å². The summed E-state index contributed by atoms with van der Waals surface area (Å²) in [4.78, 5) is 8.95. The number of benzene rings is 2. The molecular formula is C24H24BrN5O5S. The largest absolute Gasteiger partial charge is 0.507 e. The number of rotatable bonds is 7. The van der Waals surface area contributed by atoms with Crippen LogP contribution in [-0.4, -0.2) is 57.3 Å². The Morgan fingerprint density at radius 1 is 1.11 bits per heavy atom. The Kier molecular flexibility index (Phi) is 6.84. The third-order valence-electron chi connectivity index (χ3n) is 6.32. The summed E-state index contributed by atoms with van der Waals surface area (Å²) in [6, 6.07) is 14.6. The molecule has 1 fully saturated rings. The second-order valence-corrected chi connectivity index (χ2v) is 11.4. The van der Waals surface area contributed by atoms with E-state index in [1.54, 1.807) is 22.8 Å². The molecular weight excluding hydrogens is 550 g/mol. The second-order valence-electron chi connectivity index (χ2n) is 8.56. The quantitative estimate of drug-likeness (QED) is 0.221. The molecule has 0 aliphatic carbocycles. The highest BCUT2D eigenvalue weighted by molar-refractivity contribution is 9.10. The number of phenols is 1. The van der Waals surface area contributed by atoms with Crippen molar-refractivity contribution in [3.63, 3.8) is 0 Å². The number of hydrogen-bond donors (Lipinski definition) is 3. The summed E-state index contributed by atoms with van der Waals surface area (Å²) < 4.78 is 29.9. The van der Waals surface area contributed by atoms with E-state index in [9.17, 15) is 13.5 Å². The number of sulfonamides is 1. The predicted octanol–water partition coefficient (Wildman–Crippen LogP) is 4.23. The van der Waals surface area contributed by atoms with Gasteiger partial charge in [0.2, 0.25) is 10.0 Å². The summed E-state index contributed by atoms with van der Waals surface area (Å²) in [5, 5.41) is 26.9. The molecule has 0 unspecified atom stereocenters. The van der Waals surface area contributed by atoms with Gasteiger partial charge in [-0.05, 0) is 71.1 Å². The number of nitrogens with zero attached hydrogens (tertiary/aromatic N) is 4. The van der Waals surface area contributed by atoms with Crippen molar-refractivity contribution in [3.05, 3.63) is 65.3 Å². The molecule has 0 amide bonds. The van der Waals surface area contributed by atoms with Crippen molar-refractivity contribution in [2.75, 3.05) is 25.0 Å². The van der Waals surface area contributed by atoms with Crippen LogP contribution in [0.2, 0.25) is 0 Å². The van der Waals surface area contributed by atoms with E-state index >= 15 is 0 Å². The Hall–Kier alpha value is -3.19. The molecule has 0 atom stereocenters. The van der Waals surface area contributed by atoms with Gasteiger partial charge in [-0.2, -0.15) is 13.9 Å². The van der Waals surface area contributed by atoms with E-state index in [4.69, 9.17) is 5.26 Å². The summed E-state index contributed by atoms with van der Waals surface area (Å²) in [6.07, 6.45) is 3.07. The van der Waals surface area contributed by atoms with Crippen LogP contribution in [0, 0.1) is 5.92 Å². The lowest BCUT2D eigenvalue weighted by atomic mass is 9.98. The lowest BCUT2D eigenvalue weighted by Crippen LogP contribution is -2.39. The maximum Gasteiger partial charge on any atom is 0.243 e. The minimum Gasteiger partial charge on any atom is -0.507 e. The normalized spacial score (nSPS) is 15.3. The average molecular weight is 574 g/mol. The van der Waals surface area contributed by atoms with Crippen LogP contribution in [0.3, 0.4) is 0 Å². The highest BCUT2D eigenvalue weighted by atomic mass is 79.9. The van der Waals surface area contributed by atoms with Crippen LogP contribution in [0.1, 0.15) is 12.8 Å². The van der Waals surface area contributed by atoms with Crippen LogP contribution < -0.4 is 10.2 Å². The third-order valence-corrected chi connectivity index (χ3v) is 8.79. The van der Waals surface area contributed by atoms with Crippen molar-refractivity contribution >= 4 is 37.4 Å². The molecule has 12 heteroatoms. The molecule has 1 aliphatic rings. The summed E-state index contributed by atoms with van der Waals surface area (Å²) in [6.45, 7) is 1.46. The van der Waals surface area contributed by atoms with Gasteiger partial charge in [0.05, 0.1) is 21.3 Å². The van der Waals surface area contributed by atoms with Gasteiger partial charge >= 0.3 is 0 Å². The van der Waals surface area contributed by atoms with Crippen LogP contribution in [0.4, 0.5) is 5.82 Å². The van der Waals surface area contributed by atoms with Gasteiger partial charge in [-0.15, -0.1) is 0 Å². The molecule has 1 saturated heterocycles. The molecule has 2 aromatic carbocycles. The number of piperidine rings is 1. The lowest BCUT2D eigenvalue weighted by molar-refractivity contribution is -0.137. The summed E-state index contributed by atoms with van der Waals surface area (Å²) in [7, 11) is -3.62. The molecule has 0 radical (unpaired) electrons. The van der Waals surface area contributed by atoms with E-state index in [2.05, 4.69) is 36.2 Å².